The Labute approximate surface area is 186 Å². The predicted molar refractivity (Wildman–Crippen MR) is 123 cm³/mol. The fourth-order valence-electron chi connectivity index (χ4n) is 4.13. The number of ketones is 1. The van der Waals surface area contributed by atoms with Gasteiger partial charge in [-0.1, -0.05) is 0 Å². The maximum atomic E-state index is 12.4. The van der Waals surface area contributed by atoms with E-state index in [4.69, 9.17) is 14.7 Å². The molecule has 32 heavy (non-hydrogen) atoms. The van der Waals surface area contributed by atoms with Crippen LogP contribution in [0.5, 0.6) is 5.75 Å². The normalized spacial score (nSPS) is 14.8. The minimum absolute atomic E-state index is 0.219. The molecule has 2 aromatic heterocycles. The van der Waals surface area contributed by atoms with E-state index in [-0.39, 0.29) is 11.7 Å². The monoisotopic (exact) mass is 430 g/mol. The lowest BCUT2D eigenvalue weighted by Gasteiger charge is -2.15. The quantitative estimate of drug-likeness (QED) is 0.606. The number of carbonyl (C=O) groups excluding carboxylic acids is 1. The van der Waals surface area contributed by atoms with Gasteiger partial charge in [0, 0.05) is 37.1 Å². The molecule has 1 saturated carbocycles. The summed E-state index contributed by atoms with van der Waals surface area (Å²) < 4.78 is 7.43. The summed E-state index contributed by atoms with van der Waals surface area (Å²) >= 11 is 0. The van der Waals surface area contributed by atoms with E-state index in [0.29, 0.717) is 18.6 Å². The van der Waals surface area contributed by atoms with Crippen molar-refractivity contribution < 1.29 is 9.53 Å². The Morgan fingerprint density at radius 1 is 1.19 bits per heavy atom. The molecular formula is C24H26N6O2. The highest BCUT2D eigenvalue weighted by Crippen LogP contribution is 2.39. The van der Waals surface area contributed by atoms with Crippen molar-refractivity contribution in [3.8, 4) is 17.1 Å². The van der Waals surface area contributed by atoms with Gasteiger partial charge in [0.2, 0.25) is 0 Å². The molecule has 3 heterocycles. The van der Waals surface area contributed by atoms with Crippen LogP contribution < -0.4 is 10.1 Å². The first-order valence-corrected chi connectivity index (χ1v) is 10.8. The molecule has 1 fully saturated rings. The lowest BCUT2D eigenvalue weighted by Crippen LogP contribution is -2.08. The number of nitrogens with one attached hydrogen (secondary N) is 1. The van der Waals surface area contributed by atoms with Crippen LogP contribution in [0.3, 0.4) is 0 Å². The van der Waals surface area contributed by atoms with Gasteiger partial charge < -0.3 is 10.1 Å². The summed E-state index contributed by atoms with van der Waals surface area (Å²) in [5.74, 6) is 2.68. The molecule has 3 aromatic rings. The second-order valence-electron chi connectivity index (χ2n) is 8.54. The van der Waals surface area contributed by atoms with Crippen LogP contribution in [-0.4, -0.2) is 38.4 Å². The zero-order chi connectivity index (χ0) is 22.4. The summed E-state index contributed by atoms with van der Waals surface area (Å²) in [7, 11) is 3.52. The van der Waals surface area contributed by atoms with Gasteiger partial charge in [0.25, 0.3) is 0 Å². The van der Waals surface area contributed by atoms with Crippen molar-refractivity contribution >= 4 is 28.6 Å². The Balaban J connectivity index is 1.49. The molecule has 0 atom stereocenters. The maximum Gasteiger partial charge on any atom is 0.158 e. The number of anilines is 2. The smallest absolute Gasteiger partial charge is 0.158 e. The van der Waals surface area contributed by atoms with Crippen LogP contribution >= 0.6 is 0 Å². The van der Waals surface area contributed by atoms with E-state index >= 15 is 0 Å². The lowest BCUT2D eigenvalue weighted by molar-refractivity contribution is -0.119. The third-order valence-electron chi connectivity index (χ3n) is 5.83. The van der Waals surface area contributed by atoms with Crippen molar-refractivity contribution in [3.63, 3.8) is 0 Å². The molecule has 8 heteroatoms. The molecule has 1 aliphatic carbocycles. The third-order valence-corrected chi connectivity index (χ3v) is 5.83. The number of nitrogens with zero attached hydrogens (tertiary/aromatic N) is 5. The van der Waals surface area contributed by atoms with Crippen LogP contribution in [0.1, 0.15) is 37.0 Å². The number of aryl methyl sites for hydroxylation is 2. The Morgan fingerprint density at radius 3 is 2.69 bits per heavy atom. The van der Waals surface area contributed by atoms with Crippen molar-refractivity contribution in [3.05, 3.63) is 41.5 Å². The second kappa shape index (κ2) is 7.85. The summed E-state index contributed by atoms with van der Waals surface area (Å²) in [6, 6.07) is 7.84. The molecule has 0 saturated heterocycles. The zero-order valence-electron chi connectivity index (χ0n) is 18.8. The molecule has 0 bridgehead atoms. The number of fused-ring (bicyclic) bond motifs is 1. The number of rotatable bonds is 7. The Morgan fingerprint density at radius 2 is 2.00 bits per heavy atom. The fourth-order valence-corrected chi connectivity index (χ4v) is 4.13. The lowest BCUT2D eigenvalue weighted by atomic mass is 10.1. The fraction of sp³-hybridized carbons (Fsp3) is 0.375. The molecule has 164 valence electrons. The van der Waals surface area contributed by atoms with E-state index < -0.39 is 0 Å². The minimum Gasteiger partial charge on any atom is -0.495 e. The number of benzene rings is 1. The van der Waals surface area contributed by atoms with Gasteiger partial charge in [0.05, 0.1) is 29.9 Å². The third kappa shape index (κ3) is 3.88. The Hall–Kier alpha value is -3.55. The average molecular weight is 431 g/mol. The van der Waals surface area contributed by atoms with E-state index in [9.17, 15) is 4.79 Å². The number of hydrogen-bond donors (Lipinski definition) is 1. The molecule has 1 aromatic carbocycles. The van der Waals surface area contributed by atoms with Crippen molar-refractivity contribution in [1.29, 1.82) is 0 Å². The Bertz CT molecular complexity index is 1260. The summed E-state index contributed by atoms with van der Waals surface area (Å²) in [4.78, 5) is 26.3. The van der Waals surface area contributed by atoms with Crippen LogP contribution in [0, 0.1) is 12.8 Å². The molecule has 0 unspecified atom stereocenters. The van der Waals surface area contributed by atoms with Crippen LogP contribution in [0.4, 0.5) is 17.1 Å². The predicted octanol–water partition coefficient (Wildman–Crippen LogP) is 4.11. The molecular weight excluding hydrogens is 404 g/mol. The number of pyridine rings is 1. The first kappa shape index (κ1) is 20.4. The largest absolute Gasteiger partial charge is 0.495 e. The number of aromatic nitrogens is 4. The van der Waals surface area contributed by atoms with Crippen molar-refractivity contribution in [2.24, 2.45) is 18.0 Å². The van der Waals surface area contributed by atoms with Gasteiger partial charge >= 0.3 is 0 Å². The van der Waals surface area contributed by atoms with E-state index in [1.807, 2.05) is 45.2 Å². The standard InChI is InChI=1S/C24H26N6O2/c1-13-9-19-23(25-13)20(11-17(27-19)12-21(31)15-5-6-15)28-18-8-7-16(10-22(18)32-4)24-26-14(2)29-30(24)3/h7-8,10-11,15H,5-6,9,12H2,1-4H3,(H,27,28). The van der Waals surface area contributed by atoms with Gasteiger partial charge in [0.15, 0.2) is 5.82 Å². The topological polar surface area (TPSA) is 94.3 Å². The molecule has 8 nitrogen and oxygen atoms in total. The van der Waals surface area contributed by atoms with Crippen molar-refractivity contribution in [1.82, 2.24) is 19.7 Å². The SMILES string of the molecule is COc1cc(-c2nc(C)nn2C)ccc1Nc1cc(CC(=O)C2CC2)nc2c1N=C(C)C2. The average Bonchev–Trinajstić information content (AvgIpc) is 3.46. The number of methoxy groups -OCH3 is 1. The first-order valence-electron chi connectivity index (χ1n) is 10.8. The van der Waals surface area contributed by atoms with Gasteiger partial charge in [-0.3, -0.25) is 14.8 Å². The Kier molecular flexibility index (Phi) is 5.00. The zero-order valence-corrected chi connectivity index (χ0v) is 18.8. The summed E-state index contributed by atoms with van der Waals surface area (Å²) in [5, 5.41) is 7.80. The maximum absolute atomic E-state index is 12.4. The molecule has 5 rings (SSSR count). The molecule has 1 aliphatic heterocycles. The van der Waals surface area contributed by atoms with E-state index in [1.165, 1.54) is 0 Å². The number of carbonyl (C=O) groups is 1. The van der Waals surface area contributed by atoms with Gasteiger partial charge in [-0.2, -0.15) is 5.10 Å². The highest BCUT2D eigenvalue weighted by Gasteiger charge is 2.30. The van der Waals surface area contributed by atoms with E-state index in [2.05, 4.69) is 15.4 Å². The number of Topliss-reactive ketones (excluding diaryl/α,β-unsaturated/α-hetero) is 1. The molecule has 0 spiro atoms. The number of hydrogen-bond acceptors (Lipinski definition) is 7. The van der Waals surface area contributed by atoms with Crippen molar-refractivity contribution in [2.45, 2.75) is 39.5 Å². The van der Waals surface area contributed by atoms with Crippen LogP contribution in [0.25, 0.3) is 11.4 Å². The molecule has 1 N–H and O–H groups in total. The van der Waals surface area contributed by atoms with Gasteiger partial charge in [-0.15, -0.1) is 0 Å². The summed E-state index contributed by atoms with van der Waals surface area (Å²) in [6.07, 6.45) is 3.09. The first-order chi connectivity index (χ1) is 15.4. The van der Waals surface area contributed by atoms with Crippen LogP contribution in [0.15, 0.2) is 29.3 Å². The van der Waals surface area contributed by atoms with E-state index in [0.717, 1.165) is 64.2 Å². The summed E-state index contributed by atoms with van der Waals surface area (Å²) in [6.45, 7) is 3.87. The molecule has 2 aliphatic rings. The number of aliphatic imine (C=N–C) groups is 1. The highest BCUT2D eigenvalue weighted by molar-refractivity contribution is 5.95. The van der Waals surface area contributed by atoms with Crippen LogP contribution in [0.2, 0.25) is 0 Å². The summed E-state index contributed by atoms with van der Waals surface area (Å²) in [5.41, 5.74) is 6.12. The minimum atomic E-state index is 0.219. The molecule has 0 amide bonds. The molecule has 0 radical (unpaired) electrons. The van der Waals surface area contributed by atoms with Gasteiger partial charge in [-0.05, 0) is 51.0 Å². The van der Waals surface area contributed by atoms with Gasteiger partial charge in [-0.25, -0.2) is 9.67 Å². The number of ether oxygens (including phenoxy) is 1. The highest BCUT2D eigenvalue weighted by atomic mass is 16.5. The van der Waals surface area contributed by atoms with E-state index in [1.54, 1.807) is 11.8 Å². The van der Waals surface area contributed by atoms with Crippen molar-refractivity contribution in [2.75, 3.05) is 12.4 Å². The second-order valence-corrected chi connectivity index (χ2v) is 8.54. The van der Waals surface area contributed by atoms with Crippen LogP contribution in [-0.2, 0) is 24.7 Å². The van der Waals surface area contributed by atoms with Gasteiger partial charge in [0.1, 0.15) is 23.0 Å².